The highest BCUT2D eigenvalue weighted by molar-refractivity contribution is 5.91. The molecular weight excluding hydrogens is 264 g/mol. The summed E-state index contributed by atoms with van der Waals surface area (Å²) in [5.74, 6) is 0.783. The standard InChI is InChI=1S/C17H24N2O2/c20-17(18-13-7-1-2-8-13)19-15-11-5-6-12-16(15)21-14-9-3-4-10-14/h5-6,11-14H,1-4,7-10H2,(H2,18,19,20). The summed E-state index contributed by atoms with van der Waals surface area (Å²) in [4.78, 5) is 12.1. The van der Waals surface area contributed by atoms with Crippen LogP contribution in [-0.2, 0) is 0 Å². The number of anilines is 1. The Morgan fingerprint density at radius 1 is 1.00 bits per heavy atom. The molecule has 2 fully saturated rings. The van der Waals surface area contributed by atoms with Gasteiger partial charge in [0.05, 0.1) is 11.8 Å². The molecular formula is C17H24N2O2. The Morgan fingerprint density at radius 2 is 1.67 bits per heavy atom. The van der Waals surface area contributed by atoms with E-state index in [0.717, 1.165) is 37.1 Å². The second kappa shape index (κ2) is 6.83. The van der Waals surface area contributed by atoms with Crippen LogP contribution in [0.1, 0.15) is 51.4 Å². The number of nitrogens with one attached hydrogen (secondary N) is 2. The van der Waals surface area contributed by atoms with Crippen LogP contribution in [0, 0.1) is 0 Å². The van der Waals surface area contributed by atoms with Gasteiger partial charge in [-0.1, -0.05) is 25.0 Å². The Balaban J connectivity index is 1.59. The van der Waals surface area contributed by atoms with E-state index in [4.69, 9.17) is 4.74 Å². The van der Waals surface area contributed by atoms with E-state index in [1.54, 1.807) is 0 Å². The minimum atomic E-state index is -0.121. The first-order valence-electron chi connectivity index (χ1n) is 8.14. The van der Waals surface area contributed by atoms with Gasteiger partial charge in [0.25, 0.3) is 0 Å². The Hall–Kier alpha value is -1.71. The topological polar surface area (TPSA) is 50.4 Å². The smallest absolute Gasteiger partial charge is 0.319 e. The molecule has 4 nitrogen and oxygen atoms in total. The summed E-state index contributed by atoms with van der Waals surface area (Å²) >= 11 is 0. The van der Waals surface area contributed by atoms with Gasteiger partial charge in [-0.25, -0.2) is 4.79 Å². The fourth-order valence-corrected chi connectivity index (χ4v) is 3.27. The monoisotopic (exact) mass is 288 g/mol. The second-order valence-corrected chi connectivity index (χ2v) is 6.10. The predicted molar refractivity (Wildman–Crippen MR) is 83.7 cm³/mol. The maximum absolute atomic E-state index is 12.1. The molecule has 114 valence electrons. The summed E-state index contributed by atoms with van der Waals surface area (Å²) in [5, 5.41) is 5.98. The van der Waals surface area contributed by atoms with E-state index >= 15 is 0 Å². The van der Waals surface area contributed by atoms with Crippen molar-refractivity contribution in [3.8, 4) is 5.75 Å². The molecule has 2 aliphatic carbocycles. The lowest BCUT2D eigenvalue weighted by atomic mass is 10.2. The molecule has 2 amide bonds. The van der Waals surface area contributed by atoms with Crippen LogP contribution < -0.4 is 15.4 Å². The number of amides is 2. The van der Waals surface area contributed by atoms with E-state index in [1.807, 2.05) is 24.3 Å². The van der Waals surface area contributed by atoms with Crippen LogP contribution in [-0.4, -0.2) is 18.2 Å². The summed E-state index contributed by atoms with van der Waals surface area (Å²) < 4.78 is 6.03. The molecule has 3 rings (SSSR count). The quantitative estimate of drug-likeness (QED) is 0.877. The van der Waals surface area contributed by atoms with Crippen LogP contribution in [0.5, 0.6) is 5.75 Å². The van der Waals surface area contributed by atoms with E-state index in [2.05, 4.69) is 10.6 Å². The van der Waals surface area contributed by atoms with Crippen molar-refractivity contribution in [3.63, 3.8) is 0 Å². The highest BCUT2D eigenvalue weighted by Crippen LogP contribution is 2.29. The molecule has 2 aliphatic rings. The zero-order chi connectivity index (χ0) is 14.5. The molecule has 2 saturated carbocycles. The Labute approximate surface area is 126 Å². The minimum absolute atomic E-state index is 0.121. The largest absolute Gasteiger partial charge is 0.488 e. The van der Waals surface area contributed by atoms with E-state index < -0.39 is 0 Å². The highest BCUT2D eigenvalue weighted by atomic mass is 16.5. The minimum Gasteiger partial charge on any atom is -0.488 e. The Morgan fingerprint density at radius 3 is 2.43 bits per heavy atom. The van der Waals surface area contributed by atoms with Gasteiger partial charge in [0, 0.05) is 6.04 Å². The SMILES string of the molecule is O=C(Nc1ccccc1OC1CCCC1)NC1CCCC1. The second-order valence-electron chi connectivity index (χ2n) is 6.10. The van der Waals surface area contributed by atoms with Gasteiger partial charge in [-0.3, -0.25) is 0 Å². The summed E-state index contributed by atoms with van der Waals surface area (Å²) in [6.45, 7) is 0. The first-order valence-corrected chi connectivity index (χ1v) is 8.14. The van der Waals surface area contributed by atoms with Crippen molar-refractivity contribution in [2.45, 2.75) is 63.5 Å². The molecule has 0 bridgehead atoms. The fourth-order valence-electron chi connectivity index (χ4n) is 3.27. The predicted octanol–water partition coefficient (Wildman–Crippen LogP) is 4.07. The van der Waals surface area contributed by atoms with Gasteiger partial charge in [0.2, 0.25) is 0 Å². The molecule has 2 N–H and O–H groups in total. The first-order chi connectivity index (χ1) is 10.3. The van der Waals surface area contributed by atoms with Gasteiger partial charge in [-0.05, 0) is 50.7 Å². The van der Waals surface area contributed by atoms with Crippen molar-refractivity contribution in [1.82, 2.24) is 5.32 Å². The maximum atomic E-state index is 12.1. The molecule has 4 heteroatoms. The highest BCUT2D eigenvalue weighted by Gasteiger charge is 2.20. The summed E-state index contributed by atoms with van der Waals surface area (Å²) in [6.07, 6.45) is 9.61. The number of hydrogen-bond donors (Lipinski definition) is 2. The van der Waals surface area contributed by atoms with Gasteiger partial charge >= 0.3 is 6.03 Å². The van der Waals surface area contributed by atoms with Crippen molar-refractivity contribution < 1.29 is 9.53 Å². The summed E-state index contributed by atoms with van der Waals surface area (Å²) in [7, 11) is 0. The number of para-hydroxylation sites is 2. The Kier molecular flexibility index (Phi) is 4.63. The van der Waals surface area contributed by atoms with Gasteiger partial charge in [-0.2, -0.15) is 0 Å². The van der Waals surface area contributed by atoms with Gasteiger partial charge in [0.1, 0.15) is 5.75 Å². The van der Waals surface area contributed by atoms with Crippen molar-refractivity contribution in [3.05, 3.63) is 24.3 Å². The number of rotatable bonds is 4. The van der Waals surface area contributed by atoms with Gasteiger partial charge in [0.15, 0.2) is 0 Å². The third kappa shape index (κ3) is 3.90. The Bertz CT molecular complexity index is 477. The average Bonchev–Trinajstić information content (AvgIpc) is 3.14. The summed E-state index contributed by atoms with van der Waals surface area (Å²) in [6, 6.07) is 7.91. The lowest BCUT2D eigenvalue weighted by Gasteiger charge is -2.18. The molecule has 0 atom stereocenters. The van der Waals surface area contributed by atoms with Crippen molar-refractivity contribution >= 4 is 11.7 Å². The van der Waals surface area contributed by atoms with Crippen LogP contribution in [0.15, 0.2) is 24.3 Å². The van der Waals surface area contributed by atoms with E-state index in [-0.39, 0.29) is 6.03 Å². The molecule has 1 aromatic rings. The van der Waals surface area contributed by atoms with Crippen LogP contribution in [0.3, 0.4) is 0 Å². The van der Waals surface area contributed by atoms with Crippen LogP contribution in [0.2, 0.25) is 0 Å². The van der Waals surface area contributed by atoms with Gasteiger partial charge < -0.3 is 15.4 Å². The fraction of sp³-hybridized carbons (Fsp3) is 0.588. The molecule has 0 unspecified atom stereocenters. The molecule has 21 heavy (non-hydrogen) atoms. The molecule has 0 heterocycles. The first kappa shape index (κ1) is 14.2. The zero-order valence-corrected chi connectivity index (χ0v) is 12.4. The zero-order valence-electron chi connectivity index (χ0n) is 12.4. The van der Waals surface area contributed by atoms with Crippen molar-refractivity contribution in [1.29, 1.82) is 0 Å². The maximum Gasteiger partial charge on any atom is 0.319 e. The number of carbonyl (C=O) groups excluding carboxylic acids is 1. The van der Waals surface area contributed by atoms with Crippen LogP contribution >= 0.6 is 0 Å². The molecule has 0 aromatic heterocycles. The van der Waals surface area contributed by atoms with Crippen molar-refractivity contribution in [2.75, 3.05) is 5.32 Å². The molecule has 0 aliphatic heterocycles. The van der Waals surface area contributed by atoms with E-state index in [0.29, 0.717) is 12.1 Å². The number of ether oxygens (including phenoxy) is 1. The number of benzene rings is 1. The van der Waals surface area contributed by atoms with Crippen LogP contribution in [0.4, 0.5) is 10.5 Å². The number of carbonyl (C=O) groups is 1. The molecule has 1 aromatic carbocycles. The number of urea groups is 1. The van der Waals surface area contributed by atoms with Crippen molar-refractivity contribution in [2.24, 2.45) is 0 Å². The molecule has 0 spiro atoms. The molecule has 0 radical (unpaired) electrons. The van der Waals surface area contributed by atoms with Crippen LogP contribution in [0.25, 0.3) is 0 Å². The number of hydrogen-bond acceptors (Lipinski definition) is 2. The lowest BCUT2D eigenvalue weighted by Crippen LogP contribution is -2.36. The van der Waals surface area contributed by atoms with E-state index in [9.17, 15) is 4.79 Å². The normalized spacial score (nSPS) is 19.6. The van der Waals surface area contributed by atoms with E-state index in [1.165, 1.54) is 25.7 Å². The summed E-state index contributed by atoms with van der Waals surface area (Å²) in [5.41, 5.74) is 0.764. The van der Waals surface area contributed by atoms with Gasteiger partial charge in [-0.15, -0.1) is 0 Å². The lowest BCUT2D eigenvalue weighted by molar-refractivity contribution is 0.211. The molecule has 0 saturated heterocycles. The third-order valence-electron chi connectivity index (χ3n) is 4.42. The average molecular weight is 288 g/mol. The third-order valence-corrected chi connectivity index (χ3v) is 4.42.